The van der Waals surface area contributed by atoms with Crippen molar-refractivity contribution in [2.24, 2.45) is 0 Å². The summed E-state index contributed by atoms with van der Waals surface area (Å²) in [6, 6.07) is 3.84. The summed E-state index contributed by atoms with van der Waals surface area (Å²) < 4.78 is 18.5. The Morgan fingerprint density at radius 2 is 2.36 bits per heavy atom. The maximum absolute atomic E-state index is 13.4. The summed E-state index contributed by atoms with van der Waals surface area (Å²) in [5.41, 5.74) is -0.0529. The number of phenolic OH excluding ortho intramolecular Hbond substituents is 1. The highest BCUT2D eigenvalue weighted by molar-refractivity contribution is 5.97. The molecule has 0 saturated carbocycles. The topological polar surface area (TPSA) is 91.5 Å². The van der Waals surface area contributed by atoms with E-state index in [4.69, 9.17) is 4.52 Å². The lowest BCUT2D eigenvalue weighted by atomic mass is 10.0. The van der Waals surface area contributed by atoms with E-state index in [-0.39, 0.29) is 11.6 Å². The van der Waals surface area contributed by atoms with E-state index in [2.05, 4.69) is 20.4 Å². The Labute approximate surface area is 144 Å². The van der Waals surface area contributed by atoms with Gasteiger partial charge in [-0.3, -0.25) is 9.69 Å². The van der Waals surface area contributed by atoms with Gasteiger partial charge in [0.1, 0.15) is 0 Å². The van der Waals surface area contributed by atoms with Crippen molar-refractivity contribution in [2.75, 3.05) is 13.1 Å². The molecule has 8 heteroatoms. The lowest BCUT2D eigenvalue weighted by molar-refractivity contribution is 0.0895. The third-order valence-electron chi connectivity index (χ3n) is 4.25. The van der Waals surface area contributed by atoms with Crippen LogP contribution in [0.2, 0.25) is 0 Å². The maximum Gasteiger partial charge on any atom is 0.255 e. The fourth-order valence-corrected chi connectivity index (χ4v) is 2.98. The summed E-state index contributed by atoms with van der Waals surface area (Å²) in [6.45, 7) is 4.03. The number of halogens is 1. The number of phenols is 1. The van der Waals surface area contributed by atoms with Gasteiger partial charge in [0, 0.05) is 19.0 Å². The van der Waals surface area contributed by atoms with E-state index in [0.29, 0.717) is 31.2 Å². The molecule has 2 heterocycles. The van der Waals surface area contributed by atoms with Gasteiger partial charge in [-0.15, -0.1) is 0 Å². The Morgan fingerprint density at radius 1 is 1.52 bits per heavy atom. The van der Waals surface area contributed by atoms with E-state index in [9.17, 15) is 14.3 Å². The third-order valence-corrected chi connectivity index (χ3v) is 4.25. The Balaban J connectivity index is 1.59. The van der Waals surface area contributed by atoms with Crippen LogP contribution >= 0.6 is 0 Å². The number of carbonyl (C=O) groups excluding carboxylic acids is 1. The first kappa shape index (κ1) is 17.3. The molecule has 0 radical (unpaired) electrons. The minimum atomic E-state index is -0.804. The van der Waals surface area contributed by atoms with E-state index in [1.54, 1.807) is 0 Å². The molecule has 1 aliphatic heterocycles. The van der Waals surface area contributed by atoms with Gasteiger partial charge in [0.05, 0.1) is 12.1 Å². The van der Waals surface area contributed by atoms with E-state index in [1.165, 1.54) is 12.1 Å². The number of carbonyl (C=O) groups is 1. The van der Waals surface area contributed by atoms with Crippen molar-refractivity contribution in [2.45, 2.75) is 38.8 Å². The zero-order chi connectivity index (χ0) is 17.8. The standard InChI is InChI=1S/C17H21FN4O3/c1-2-15-20-14(21-25-15)10-22-8-4-5-11(9-22)19-17(24)12-6-3-7-13(18)16(12)23/h3,6-7,11,23H,2,4-5,8-10H2,1H3,(H,19,24). The minimum absolute atomic E-state index is 0.0529. The summed E-state index contributed by atoms with van der Waals surface area (Å²) in [4.78, 5) is 18.7. The van der Waals surface area contributed by atoms with Gasteiger partial charge < -0.3 is 14.9 Å². The average Bonchev–Trinajstić information content (AvgIpc) is 3.05. The molecule has 1 atom stereocenters. The number of aryl methyl sites for hydroxylation is 1. The number of aromatic nitrogens is 2. The minimum Gasteiger partial charge on any atom is -0.504 e. The van der Waals surface area contributed by atoms with Gasteiger partial charge in [-0.05, 0) is 31.5 Å². The van der Waals surface area contributed by atoms with Gasteiger partial charge in [0.15, 0.2) is 17.4 Å². The SMILES string of the molecule is CCc1nc(CN2CCCC(NC(=O)c3cccc(F)c3O)C2)no1. The largest absolute Gasteiger partial charge is 0.504 e. The van der Waals surface area contributed by atoms with Crippen LogP contribution in [0.4, 0.5) is 4.39 Å². The monoisotopic (exact) mass is 348 g/mol. The molecule has 1 fully saturated rings. The van der Waals surface area contributed by atoms with Crippen LogP contribution in [-0.2, 0) is 13.0 Å². The molecule has 1 amide bonds. The molecule has 1 unspecified atom stereocenters. The molecule has 0 aliphatic carbocycles. The first-order valence-electron chi connectivity index (χ1n) is 8.39. The van der Waals surface area contributed by atoms with Crippen LogP contribution in [0, 0.1) is 5.82 Å². The molecule has 0 bridgehead atoms. The van der Waals surface area contributed by atoms with Crippen LogP contribution in [0.15, 0.2) is 22.7 Å². The van der Waals surface area contributed by atoms with Crippen molar-refractivity contribution in [3.05, 3.63) is 41.3 Å². The zero-order valence-electron chi connectivity index (χ0n) is 14.0. The highest BCUT2D eigenvalue weighted by Crippen LogP contribution is 2.21. The molecule has 7 nitrogen and oxygen atoms in total. The number of hydrogen-bond donors (Lipinski definition) is 2. The van der Waals surface area contributed by atoms with Crippen molar-refractivity contribution in [3.63, 3.8) is 0 Å². The molecule has 1 aliphatic rings. The molecular weight excluding hydrogens is 327 g/mol. The summed E-state index contributed by atoms with van der Waals surface area (Å²) >= 11 is 0. The lowest BCUT2D eigenvalue weighted by Crippen LogP contribution is -2.47. The second-order valence-corrected chi connectivity index (χ2v) is 6.14. The summed E-state index contributed by atoms with van der Waals surface area (Å²) in [6.07, 6.45) is 2.44. The van der Waals surface area contributed by atoms with Gasteiger partial charge in [-0.1, -0.05) is 18.1 Å². The Hall–Kier alpha value is -2.48. The number of likely N-dealkylation sites (tertiary alicyclic amines) is 1. The second kappa shape index (κ2) is 7.60. The quantitative estimate of drug-likeness (QED) is 0.857. The van der Waals surface area contributed by atoms with Crippen LogP contribution in [-0.4, -0.2) is 45.2 Å². The predicted octanol–water partition coefficient (Wildman–Crippen LogP) is 1.87. The predicted molar refractivity (Wildman–Crippen MR) is 87.5 cm³/mol. The van der Waals surface area contributed by atoms with Crippen LogP contribution in [0.5, 0.6) is 5.75 Å². The number of aromatic hydroxyl groups is 1. The summed E-state index contributed by atoms with van der Waals surface area (Å²) in [5.74, 6) is -0.657. The van der Waals surface area contributed by atoms with Crippen molar-refractivity contribution >= 4 is 5.91 Å². The summed E-state index contributed by atoms with van der Waals surface area (Å²) in [7, 11) is 0. The van der Waals surface area contributed by atoms with Crippen LogP contribution in [0.1, 0.15) is 41.8 Å². The Morgan fingerprint density at radius 3 is 3.12 bits per heavy atom. The van der Waals surface area contributed by atoms with E-state index in [0.717, 1.165) is 25.5 Å². The molecule has 3 rings (SSSR count). The molecule has 1 saturated heterocycles. The zero-order valence-corrected chi connectivity index (χ0v) is 14.0. The van der Waals surface area contributed by atoms with Crippen LogP contribution < -0.4 is 5.32 Å². The average molecular weight is 348 g/mol. The van der Waals surface area contributed by atoms with E-state index < -0.39 is 17.5 Å². The number of amides is 1. The molecule has 2 N–H and O–H groups in total. The lowest BCUT2D eigenvalue weighted by Gasteiger charge is -2.32. The smallest absolute Gasteiger partial charge is 0.255 e. The van der Waals surface area contributed by atoms with Crippen molar-refractivity contribution in [3.8, 4) is 5.75 Å². The number of nitrogens with one attached hydrogen (secondary N) is 1. The molecule has 134 valence electrons. The number of piperidine rings is 1. The molecule has 2 aromatic rings. The molecule has 1 aromatic carbocycles. The third kappa shape index (κ3) is 4.14. The summed E-state index contributed by atoms with van der Waals surface area (Å²) in [5, 5.41) is 16.5. The van der Waals surface area contributed by atoms with Gasteiger partial charge in [-0.2, -0.15) is 4.98 Å². The Kier molecular flexibility index (Phi) is 5.28. The van der Waals surface area contributed by atoms with E-state index >= 15 is 0 Å². The van der Waals surface area contributed by atoms with Gasteiger partial charge in [-0.25, -0.2) is 4.39 Å². The number of para-hydroxylation sites is 1. The fourth-order valence-electron chi connectivity index (χ4n) is 2.98. The number of rotatable bonds is 5. The van der Waals surface area contributed by atoms with Gasteiger partial charge in [0.25, 0.3) is 5.91 Å². The van der Waals surface area contributed by atoms with Crippen LogP contribution in [0.25, 0.3) is 0 Å². The normalized spacial score (nSPS) is 18.2. The van der Waals surface area contributed by atoms with Crippen LogP contribution in [0.3, 0.4) is 0 Å². The highest BCUT2D eigenvalue weighted by atomic mass is 19.1. The maximum atomic E-state index is 13.4. The van der Waals surface area contributed by atoms with Gasteiger partial charge >= 0.3 is 0 Å². The van der Waals surface area contributed by atoms with Crippen molar-refractivity contribution in [1.82, 2.24) is 20.4 Å². The first-order valence-corrected chi connectivity index (χ1v) is 8.39. The molecule has 1 aromatic heterocycles. The van der Waals surface area contributed by atoms with Gasteiger partial charge in [0.2, 0.25) is 5.89 Å². The number of hydrogen-bond acceptors (Lipinski definition) is 6. The molecule has 25 heavy (non-hydrogen) atoms. The second-order valence-electron chi connectivity index (χ2n) is 6.14. The fraction of sp³-hybridized carbons (Fsp3) is 0.471. The number of nitrogens with zero attached hydrogens (tertiary/aromatic N) is 3. The molecular formula is C17H21FN4O3. The van der Waals surface area contributed by atoms with E-state index in [1.807, 2.05) is 6.92 Å². The Bertz CT molecular complexity index is 749. The molecule has 0 spiro atoms. The van der Waals surface area contributed by atoms with Crippen molar-refractivity contribution < 1.29 is 18.8 Å². The van der Waals surface area contributed by atoms with Crippen molar-refractivity contribution in [1.29, 1.82) is 0 Å². The highest BCUT2D eigenvalue weighted by Gasteiger charge is 2.24. The number of benzene rings is 1. The first-order chi connectivity index (χ1) is 12.1.